The minimum Gasteiger partial charge on any atom is -0.480 e. The monoisotopic (exact) mass is 384 g/mol. The van der Waals surface area contributed by atoms with Gasteiger partial charge in [0.05, 0.1) is 12.0 Å². The number of nitrogens with zero attached hydrogens (tertiary/aromatic N) is 2. The van der Waals surface area contributed by atoms with Crippen molar-refractivity contribution < 1.29 is 14.7 Å². The van der Waals surface area contributed by atoms with Crippen molar-refractivity contribution in [2.75, 3.05) is 5.73 Å². The number of carboxylic acids is 1. The number of nitrogens with one attached hydrogen (secondary N) is 1. The largest absolute Gasteiger partial charge is 0.480 e. The van der Waals surface area contributed by atoms with Crippen LogP contribution >= 0.6 is 12.2 Å². The maximum absolute atomic E-state index is 12.6. The number of β-lactam (4-membered cyclic amide) rings is 1. The molecule has 140 valence electrons. The van der Waals surface area contributed by atoms with E-state index in [1.54, 1.807) is 12.1 Å². The molecule has 2 heterocycles. The number of pyridine rings is 1. The molecule has 2 aromatic rings. The number of carbonyl (C=O) groups excluding carboxylic acids is 1. The summed E-state index contributed by atoms with van der Waals surface area (Å²) in [6, 6.07) is 11.8. The first-order valence-electron chi connectivity index (χ1n) is 8.50. The summed E-state index contributed by atoms with van der Waals surface area (Å²) in [4.78, 5) is 29.4. The fourth-order valence-electron chi connectivity index (χ4n) is 3.21. The second kappa shape index (κ2) is 7.71. The molecule has 1 aliphatic heterocycles. The molecule has 0 bridgehead atoms. The van der Waals surface area contributed by atoms with E-state index < -0.39 is 17.9 Å². The lowest BCUT2D eigenvalue weighted by Crippen LogP contribution is -2.68. The highest BCUT2D eigenvalue weighted by molar-refractivity contribution is 7.80. The van der Waals surface area contributed by atoms with Crippen molar-refractivity contribution in [2.45, 2.75) is 25.4 Å². The molecule has 7 nitrogen and oxygen atoms in total. The van der Waals surface area contributed by atoms with Crippen LogP contribution in [0.1, 0.15) is 24.1 Å². The first kappa shape index (κ1) is 18.8. The standard InChI is InChI=1S/C19H20N4O3S/c1-11(13-5-3-2-4-6-13)22-19(27)23-16(18(25)26)14(17(23)24)9-12-7-8-21-15(20)10-12/h2-8,10-11,14,16H,9H2,1H3,(H2,20,21)(H,22,27)(H,25,26)/t11-,14?,16?/m1/s1. The third kappa shape index (κ3) is 3.90. The van der Waals surface area contributed by atoms with Crippen LogP contribution in [0, 0.1) is 5.92 Å². The number of nitrogen functional groups attached to an aromatic ring is 1. The van der Waals surface area contributed by atoms with Gasteiger partial charge in [0.2, 0.25) is 5.91 Å². The first-order chi connectivity index (χ1) is 12.9. The van der Waals surface area contributed by atoms with Crippen LogP contribution in [-0.4, -0.2) is 38.0 Å². The van der Waals surface area contributed by atoms with Crippen LogP contribution in [-0.2, 0) is 16.0 Å². The van der Waals surface area contributed by atoms with E-state index in [9.17, 15) is 14.7 Å². The zero-order valence-corrected chi connectivity index (χ0v) is 15.5. The summed E-state index contributed by atoms with van der Waals surface area (Å²) in [5.74, 6) is -1.75. The Balaban J connectivity index is 1.71. The minimum atomic E-state index is -1.09. The van der Waals surface area contributed by atoms with Gasteiger partial charge in [-0.15, -0.1) is 0 Å². The van der Waals surface area contributed by atoms with Crippen LogP contribution in [0.2, 0.25) is 0 Å². The molecule has 0 spiro atoms. The number of hydrogen-bond acceptors (Lipinski definition) is 5. The zero-order chi connectivity index (χ0) is 19.6. The molecular weight excluding hydrogens is 364 g/mol. The lowest BCUT2D eigenvalue weighted by molar-refractivity contribution is -0.164. The van der Waals surface area contributed by atoms with Crippen molar-refractivity contribution >= 4 is 35.0 Å². The summed E-state index contributed by atoms with van der Waals surface area (Å²) < 4.78 is 0. The van der Waals surface area contributed by atoms with Gasteiger partial charge < -0.3 is 16.2 Å². The first-order valence-corrected chi connectivity index (χ1v) is 8.91. The quantitative estimate of drug-likeness (QED) is 0.532. The van der Waals surface area contributed by atoms with E-state index in [1.165, 1.54) is 6.20 Å². The van der Waals surface area contributed by atoms with Gasteiger partial charge in [0.15, 0.2) is 5.11 Å². The Hall–Kier alpha value is -3.00. The molecule has 1 aromatic carbocycles. The highest BCUT2D eigenvalue weighted by Gasteiger charge is 2.53. The Kier molecular flexibility index (Phi) is 5.36. The van der Waals surface area contributed by atoms with E-state index in [0.717, 1.165) is 16.0 Å². The number of hydrogen-bond donors (Lipinski definition) is 3. The van der Waals surface area contributed by atoms with E-state index in [0.29, 0.717) is 5.82 Å². The fourth-order valence-corrected chi connectivity index (χ4v) is 3.59. The van der Waals surface area contributed by atoms with Crippen molar-refractivity contribution in [3.63, 3.8) is 0 Å². The highest BCUT2D eigenvalue weighted by Crippen LogP contribution is 2.31. The van der Waals surface area contributed by atoms with Gasteiger partial charge in [0.25, 0.3) is 0 Å². The third-order valence-electron chi connectivity index (χ3n) is 4.63. The van der Waals surface area contributed by atoms with E-state index in [1.807, 2.05) is 37.3 Å². The topological polar surface area (TPSA) is 109 Å². The summed E-state index contributed by atoms with van der Waals surface area (Å²) in [5, 5.41) is 12.8. The number of benzene rings is 1. The molecule has 2 unspecified atom stereocenters. The summed E-state index contributed by atoms with van der Waals surface area (Å²) >= 11 is 5.32. The Labute approximate surface area is 162 Å². The lowest BCUT2D eigenvalue weighted by atomic mass is 9.82. The number of anilines is 1. The average molecular weight is 384 g/mol. The molecule has 0 aliphatic carbocycles. The maximum Gasteiger partial charge on any atom is 0.327 e. The van der Waals surface area contributed by atoms with Crippen molar-refractivity contribution in [1.29, 1.82) is 0 Å². The maximum atomic E-state index is 12.6. The van der Waals surface area contributed by atoms with Crippen molar-refractivity contribution in [1.82, 2.24) is 15.2 Å². The molecule has 3 atom stereocenters. The average Bonchev–Trinajstić information content (AvgIpc) is 2.64. The van der Waals surface area contributed by atoms with Crippen LogP contribution in [0.3, 0.4) is 0 Å². The van der Waals surface area contributed by atoms with Gasteiger partial charge in [-0.05, 0) is 48.8 Å². The normalized spacial score (nSPS) is 19.9. The number of rotatable bonds is 5. The van der Waals surface area contributed by atoms with Gasteiger partial charge in [0, 0.05) is 6.20 Å². The third-order valence-corrected chi connectivity index (χ3v) is 4.94. The Morgan fingerprint density at radius 3 is 2.70 bits per heavy atom. The molecule has 0 saturated carbocycles. The van der Waals surface area contributed by atoms with Crippen molar-refractivity contribution in [2.24, 2.45) is 5.92 Å². The van der Waals surface area contributed by atoms with Gasteiger partial charge in [-0.2, -0.15) is 0 Å². The van der Waals surface area contributed by atoms with Crippen LogP contribution in [0.4, 0.5) is 5.82 Å². The van der Waals surface area contributed by atoms with Crippen LogP contribution < -0.4 is 11.1 Å². The fraction of sp³-hybridized carbons (Fsp3) is 0.263. The smallest absolute Gasteiger partial charge is 0.327 e. The van der Waals surface area contributed by atoms with Crippen LogP contribution in [0.5, 0.6) is 0 Å². The summed E-state index contributed by atoms with van der Waals surface area (Å²) in [6.07, 6.45) is 1.81. The molecule has 3 rings (SSSR count). The molecule has 27 heavy (non-hydrogen) atoms. The molecule has 1 amide bonds. The highest BCUT2D eigenvalue weighted by atomic mass is 32.1. The molecule has 8 heteroatoms. The number of aromatic nitrogens is 1. The molecule has 1 fully saturated rings. The molecule has 0 radical (unpaired) electrons. The molecule has 1 saturated heterocycles. The Morgan fingerprint density at radius 1 is 1.37 bits per heavy atom. The van der Waals surface area contributed by atoms with Gasteiger partial charge >= 0.3 is 5.97 Å². The number of aliphatic carboxylic acids is 1. The number of thiocarbonyl (C=S) groups is 1. The summed E-state index contributed by atoms with van der Waals surface area (Å²) in [7, 11) is 0. The number of carbonyl (C=O) groups is 2. The second-order valence-electron chi connectivity index (χ2n) is 6.47. The van der Waals surface area contributed by atoms with E-state index in [-0.39, 0.29) is 23.5 Å². The minimum absolute atomic E-state index is 0.120. The predicted molar refractivity (Wildman–Crippen MR) is 105 cm³/mol. The summed E-state index contributed by atoms with van der Waals surface area (Å²) in [5.41, 5.74) is 7.41. The molecule has 1 aliphatic rings. The van der Waals surface area contributed by atoms with Crippen molar-refractivity contribution in [3.8, 4) is 0 Å². The van der Waals surface area contributed by atoms with Gasteiger partial charge in [0.1, 0.15) is 11.9 Å². The van der Waals surface area contributed by atoms with Gasteiger partial charge in [-0.3, -0.25) is 9.69 Å². The summed E-state index contributed by atoms with van der Waals surface area (Å²) in [6.45, 7) is 1.90. The SMILES string of the molecule is C[C@@H](NC(=S)N1C(=O)C(Cc2ccnc(N)c2)C1C(=O)O)c1ccccc1. The Bertz CT molecular complexity index is 874. The lowest BCUT2D eigenvalue weighted by Gasteiger charge is -2.45. The zero-order valence-electron chi connectivity index (χ0n) is 14.7. The number of nitrogens with two attached hydrogens (primary N) is 1. The van der Waals surface area contributed by atoms with E-state index in [4.69, 9.17) is 18.0 Å². The molecular formula is C19H20N4O3S. The van der Waals surface area contributed by atoms with Crippen molar-refractivity contribution in [3.05, 3.63) is 59.8 Å². The Morgan fingerprint density at radius 2 is 2.07 bits per heavy atom. The number of likely N-dealkylation sites (tertiary alicyclic amines) is 1. The number of carboxylic acid groups (broad SMARTS) is 1. The van der Waals surface area contributed by atoms with Gasteiger partial charge in [-0.25, -0.2) is 9.78 Å². The van der Waals surface area contributed by atoms with E-state index >= 15 is 0 Å². The molecule has 4 N–H and O–H groups in total. The second-order valence-corrected chi connectivity index (χ2v) is 6.86. The predicted octanol–water partition coefficient (Wildman–Crippen LogP) is 1.75. The molecule has 1 aromatic heterocycles. The van der Waals surface area contributed by atoms with Gasteiger partial charge in [-0.1, -0.05) is 30.3 Å². The number of amides is 1. The van der Waals surface area contributed by atoms with Crippen LogP contribution in [0.15, 0.2) is 48.7 Å². The van der Waals surface area contributed by atoms with Crippen LogP contribution in [0.25, 0.3) is 0 Å². The van der Waals surface area contributed by atoms with E-state index in [2.05, 4.69) is 10.3 Å².